The van der Waals surface area contributed by atoms with Gasteiger partial charge in [0.15, 0.2) is 0 Å². The number of allylic oxidation sites excluding steroid dienone is 6. The first kappa shape index (κ1) is 9.56. The van der Waals surface area contributed by atoms with Crippen LogP contribution in [0.5, 0.6) is 0 Å². The maximum Gasteiger partial charge on any atom is 0.416 e. The Labute approximate surface area is 80.8 Å². The molecule has 0 spiro atoms. The van der Waals surface area contributed by atoms with Crippen LogP contribution in [0.15, 0.2) is 35.5 Å². The molecular formula is C11H11F3. The van der Waals surface area contributed by atoms with Crippen LogP contribution in [0, 0.1) is 5.92 Å². The number of hydrogen-bond donors (Lipinski definition) is 0. The first-order valence-corrected chi connectivity index (χ1v) is 4.73. The molecule has 0 aromatic carbocycles. The van der Waals surface area contributed by atoms with Gasteiger partial charge in [-0.3, -0.25) is 0 Å². The van der Waals surface area contributed by atoms with Gasteiger partial charge in [0.05, 0.1) is 5.57 Å². The Morgan fingerprint density at radius 3 is 2.29 bits per heavy atom. The van der Waals surface area contributed by atoms with E-state index in [1.54, 1.807) is 18.2 Å². The second-order valence-corrected chi connectivity index (χ2v) is 3.68. The van der Waals surface area contributed by atoms with Crippen molar-refractivity contribution in [1.29, 1.82) is 0 Å². The van der Waals surface area contributed by atoms with Crippen molar-refractivity contribution >= 4 is 0 Å². The summed E-state index contributed by atoms with van der Waals surface area (Å²) in [6, 6.07) is 0. The molecule has 0 nitrogen and oxygen atoms in total. The summed E-state index contributed by atoms with van der Waals surface area (Å²) in [5, 5.41) is 0. The minimum Gasteiger partial charge on any atom is -0.166 e. The highest BCUT2D eigenvalue weighted by atomic mass is 19.4. The van der Waals surface area contributed by atoms with Gasteiger partial charge in [0.1, 0.15) is 0 Å². The van der Waals surface area contributed by atoms with E-state index in [0.717, 1.165) is 12.8 Å². The molecular weight excluding hydrogens is 189 g/mol. The number of halogens is 3. The van der Waals surface area contributed by atoms with E-state index < -0.39 is 11.7 Å². The number of rotatable bonds is 1. The second-order valence-electron chi connectivity index (χ2n) is 3.68. The third-order valence-corrected chi connectivity index (χ3v) is 2.49. The summed E-state index contributed by atoms with van der Waals surface area (Å²) in [6.45, 7) is 0. The van der Waals surface area contributed by atoms with Crippen LogP contribution in [-0.2, 0) is 0 Å². The lowest BCUT2D eigenvalue weighted by molar-refractivity contribution is -0.0890. The standard InChI is InChI=1S/C11H11F3/c12-11(13,14)10-5-3-1-2-4-9(10)8-6-7-8/h2-5,8H,1,6-7H2. The van der Waals surface area contributed by atoms with Crippen molar-refractivity contribution < 1.29 is 13.2 Å². The van der Waals surface area contributed by atoms with Crippen molar-refractivity contribution in [2.24, 2.45) is 5.92 Å². The maximum absolute atomic E-state index is 12.6. The largest absolute Gasteiger partial charge is 0.416 e. The first-order chi connectivity index (χ1) is 6.59. The molecule has 0 amide bonds. The molecule has 0 bridgehead atoms. The third kappa shape index (κ3) is 1.91. The van der Waals surface area contributed by atoms with E-state index in [0.29, 0.717) is 12.0 Å². The average molecular weight is 200 g/mol. The molecule has 0 aliphatic heterocycles. The summed E-state index contributed by atoms with van der Waals surface area (Å²) in [5.41, 5.74) is 0.0278. The minimum absolute atomic E-state index is 0.144. The fraction of sp³-hybridized carbons (Fsp3) is 0.455. The molecule has 0 N–H and O–H groups in total. The Morgan fingerprint density at radius 2 is 1.71 bits per heavy atom. The van der Waals surface area contributed by atoms with Gasteiger partial charge in [-0.05, 0) is 30.8 Å². The molecule has 76 valence electrons. The van der Waals surface area contributed by atoms with Gasteiger partial charge < -0.3 is 0 Å². The topological polar surface area (TPSA) is 0 Å². The number of hydrogen-bond acceptors (Lipinski definition) is 0. The lowest BCUT2D eigenvalue weighted by Crippen LogP contribution is -2.12. The summed E-state index contributed by atoms with van der Waals surface area (Å²) in [7, 11) is 0. The van der Waals surface area contributed by atoms with Gasteiger partial charge >= 0.3 is 6.18 Å². The van der Waals surface area contributed by atoms with Gasteiger partial charge in [-0.2, -0.15) is 13.2 Å². The number of alkyl halides is 3. The van der Waals surface area contributed by atoms with Crippen molar-refractivity contribution in [3.05, 3.63) is 35.5 Å². The van der Waals surface area contributed by atoms with Crippen LogP contribution < -0.4 is 0 Å². The van der Waals surface area contributed by atoms with E-state index >= 15 is 0 Å². The molecule has 1 fully saturated rings. The van der Waals surface area contributed by atoms with Crippen LogP contribution in [0.2, 0.25) is 0 Å². The fourth-order valence-electron chi connectivity index (χ4n) is 1.65. The van der Waals surface area contributed by atoms with Crippen LogP contribution in [0.4, 0.5) is 13.2 Å². The molecule has 0 saturated heterocycles. The first-order valence-electron chi connectivity index (χ1n) is 4.73. The van der Waals surface area contributed by atoms with Crippen LogP contribution in [-0.4, -0.2) is 6.18 Å². The predicted octanol–water partition coefficient (Wildman–Crippen LogP) is 3.77. The van der Waals surface area contributed by atoms with Crippen LogP contribution in [0.1, 0.15) is 19.3 Å². The van der Waals surface area contributed by atoms with Gasteiger partial charge in [-0.15, -0.1) is 0 Å². The van der Waals surface area contributed by atoms with Crippen molar-refractivity contribution in [3.63, 3.8) is 0 Å². The summed E-state index contributed by atoms with van der Waals surface area (Å²) >= 11 is 0. The highest BCUT2D eigenvalue weighted by Gasteiger charge is 2.38. The average Bonchev–Trinajstić information content (AvgIpc) is 2.89. The zero-order chi connectivity index (χ0) is 10.2. The molecule has 0 atom stereocenters. The fourth-order valence-corrected chi connectivity index (χ4v) is 1.65. The molecule has 2 aliphatic rings. The van der Waals surface area contributed by atoms with Gasteiger partial charge in [-0.1, -0.05) is 24.3 Å². The maximum atomic E-state index is 12.6. The molecule has 3 heteroatoms. The van der Waals surface area contributed by atoms with Gasteiger partial charge in [0.2, 0.25) is 0 Å². The molecule has 0 heterocycles. The monoisotopic (exact) mass is 200 g/mol. The Hall–Kier alpha value is -0.990. The molecule has 0 aromatic heterocycles. The zero-order valence-corrected chi connectivity index (χ0v) is 7.64. The van der Waals surface area contributed by atoms with E-state index in [9.17, 15) is 13.2 Å². The van der Waals surface area contributed by atoms with E-state index in [1.165, 1.54) is 6.08 Å². The van der Waals surface area contributed by atoms with Crippen molar-refractivity contribution in [2.75, 3.05) is 0 Å². The van der Waals surface area contributed by atoms with Gasteiger partial charge in [0.25, 0.3) is 0 Å². The molecule has 0 aromatic rings. The summed E-state index contributed by atoms with van der Waals surface area (Å²) in [5.74, 6) is 0.144. The van der Waals surface area contributed by atoms with Crippen molar-refractivity contribution in [1.82, 2.24) is 0 Å². The molecule has 1 saturated carbocycles. The lowest BCUT2D eigenvalue weighted by atomic mass is 10.0. The Morgan fingerprint density at radius 1 is 1.07 bits per heavy atom. The summed E-state index contributed by atoms with van der Waals surface area (Å²) < 4.78 is 37.9. The lowest BCUT2D eigenvalue weighted by Gasteiger charge is -2.11. The molecule has 0 unspecified atom stereocenters. The van der Waals surface area contributed by atoms with E-state index in [4.69, 9.17) is 0 Å². The molecule has 2 aliphatic carbocycles. The van der Waals surface area contributed by atoms with E-state index in [-0.39, 0.29) is 5.92 Å². The predicted molar refractivity (Wildman–Crippen MR) is 48.7 cm³/mol. The van der Waals surface area contributed by atoms with Crippen LogP contribution in [0.25, 0.3) is 0 Å². The zero-order valence-electron chi connectivity index (χ0n) is 7.64. The minimum atomic E-state index is -4.21. The van der Waals surface area contributed by atoms with Crippen LogP contribution in [0.3, 0.4) is 0 Å². The molecule has 14 heavy (non-hydrogen) atoms. The normalized spacial score (nSPS) is 22.8. The Kier molecular flexibility index (Phi) is 2.25. The van der Waals surface area contributed by atoms with Gasteiger partial charge in [0, 0.05) is 0 Å². The highest BCUT2D eigenvalue weighted by Crippen LogP contribution is 2.43. The Bertz CT molecular complexity index is 314. The summed E-state index contributed by atoms with van der Waals surface area (Å²) in [4.78, 5) is 0. The smallest absolute Gasteiger partial charge is 0.166 e. The highest BCUT2D eigenvalue weighted by molar-refractivity contribution is 5.41. The quantitative estimate of drug-likeness (QED) is 0.604. The molecule has 2 rings (SSSR count). The van der Waals surface area contributed by atoms with Crippen molar-refractivity contribution in [2.45, 2.75) is 25.4 Å². The van der Waals surface area contributed by atoms with E-state index in [2.05, 4.69) is 0 Å². The summed E-state index contributed by atoms with van der Waals surface area (Å²) in [6.07, 6.45) is 4.39. The third-order valence-electron chi connectivity index (χ3n) is 2.49. The Balaban J connectivity index is 2.41. The molecule has 0 radical (unpaired) electrons. The second kappa shape index (κ2) is 3.30. The van der Waals surface area contributed by atoms with Crippen molar-refractivity contribution in [3.8, 4) is 0 Å². The van der Waals surface area contributed by atoms with Gasteiger partial charge in [-0.25, -0.2) is 0 Å². The SMILES string of the molecule is FC(F)(F)C1=C(C2CC2)C=CCC=C1. The van der Waals surface area contributed by atoms with E-state index in [1.807, 2.05) is 0 Å². The van der Waals surface area contributed by atoms with Crippen LogP contribution >= 0.6 is 0 Å².